The van der Waals surface area contributed by atoms with E-state index in [-0.39, 0.29) is 35.4 Å². The summed E-state index contributed by atoms with van der Waals surface area (Å²) in [5, 5.41) is 6.62. The standard InChI is InChI=1S/C23H31N5O2.HI/c1-2-24-23(25-14-4-6-16-27-15-5-3-8-21(27)29)26-18-19-10-12-20(13-11-19)28-17-7-9-22(28)30;/h3,5,8,10-13,15H,2,4,6-7,9,14,16-18H2,1H3,(H2,24,25,26);1H. The van der Waals surface area contributed by atoms with Gasteiger partial charge in [0.15, 0.2) is 5.96 Å². The van der Waals surface area contributed by atoms with E-state index in [0.29, 0.717) is 13.0 Å². The molecule has 0 atom stereocenters. The molecular formula is C23H32IN5O2. The minimum atomic E-state index is 0. The summed E-state index contributed by atoms with van der Waals surface area (Å²) in [6.45, 7) is 5.74. The fourth-order valence-electron chi connectivity index (χ4n) is 3.47. The molecule has 2 N–H and O–H groups in total. The Morgan fingerprint density at radius 3 is 2.55 bits per heavy atom. The number of aliphatic imine (C=N–C) groups is 1. The molecule has 2 aromatic rings. The smallest absolute Gasteiger partial charge is 0.250 e. The number of benzene rings is 1. The van der Waals surface area contributed by atoms with Gasteiger partial charge in [0.1, 0.15) is 0 Å². The SMILES string of the molecule is CCNC(=NCc1ccc(N2CCCC2=O)cc1)NCCCCn1ccccc1=O.I. The molecule has 3 rings (SSSR count). The van der Waals surface area contributed by atoms with Gasteiger partial charge in [-0.15, -0.1) is 24.0 Å². The first-order chi connectivity index (χ1) is 14.7. The van der Waals surface area contributed by atoms with Gasteiger partial charge in [-0.05, 0) is 49.9 Å². The molecule has 8 heteroatoms. The lowest BCUT2D eigenvalue weighted by Crippen LogP contribution is -2.37. The lowest BCUT2D eigenvalue weighted by atomic mass is 10.2. The van der Waals surface area contributed by atoms with Crippen LogP contribution in [0.15, 0.2) is 58.4 Å². The van der Waals surface area contributed by atoms with E-state index in [4.69, 9.17) is 0 Å². The van der Waals surface area contributed by atoms with Gasteiger partial charge in [-0.25, -0.2) is 4.99 Å². The van der Waals surface area contributed by atoms with E-state index in [1.54, 1.807) is 16.7 Å². The number of nitrogens with zero attached hydrogens (tertiary/aromatic N) is 3. The van der Waals surface area contributed by atoms with E-state index in [9.17, 15) is 9.59 Å². The van der Waals surface area contributed by atoms with E-state index < -0.39 is 0 Å². The number of nitrogens with one attached hydrogen (secondary N) is 2. The molecule has 1 aliphatic heterocycles. The molecule has 1 fully saturated rings. The highest BCUT2D eigenvalue weighted by molar-refractivity contribution is 14.0. The highest BCUT2D eigenvalue weighted by atomic mass is 127. The zero-order valence-electron chi connectivity index (χ0n) is 18.0. The van der Waals surface area contributed by atoms with Crippen LogP contribution in [-0.2, 0) is 17.9 Å². The van der Waals surface area contributed by atoms with Crippen molar-refractivity contribution in [3.63, 3.8) is 0 Å². The molecule has 1 aliphatic rings. The van der Waals surface area contributed by atoms with Crippen LogP contribution >= 0.6 is 24.0 Å². The topological polar surface area (TPSA) is 78.7 Å². The van der Waals surface area contributed by atoms with Gasteiger partial charge >= 0.3 is 0 Å². The number of carbonyl (C=O) groups is 1. The van der Waals surface area contributed by atoms with Gasteiger partial charge < -0.3 is 20.1 Å². The molecule has 0 saturated carbocycles. The van der Waals surface area contributed by atoms with E-state index >= 15 is 0 Å². The minimum Gasteiger partial charge on any atom is -0.357 e. The Kier molecular flexibility index (Phi) is 10.6. The Bertz CT molecular complexity index is 911. The molecule has 0 bridgehead atoms. The third-order valence-electron chi connectivity index (χ3n) is 5.10. The molecule has 0 radical (unpaired) electrons. The van der Waals surface area contributed by atoms with Crippen LogP contribution in [0.5, 0.6) is 0 Å². The van der Waals surface area contributed by atoms with Gasteiger partial charge in [-0.2, -0.15) is 0 Å². The van der Waals surface area contributed by atoms with E-state index in [1.165, 1.54) is 0 Å². The normalized spacial score (nSPS) is 13.8. The van der Waals surface area contributed by atoms with Crippen LogP contribution in [0.1, 0.15) is 38.2 Å². The summed E-state index contributed by atoms with van der Waals surface area (Å²) in [5.74, 6) is 0.990. The van der Waals surface area contributed by atoms with E-state index in [2.05, 4.69) is 15.6 Å². The highest BCUT2D eigenvalue weighted by Crippen LogP contribution is 2.21. The molecule has 0 spiro atoms. The third-order valence-corrected chi connectivity index (χ3v) is 5.10. The van der Waals surface area contributed by atoms with Crippen LogP contribution < -0.4 is 21.1 Å². The number of carbonyl (C=O) groups excluding carboxylic acids is 1. The molecule has 168 valence electrons. The van der Waals surface area contributed by atoms with Crippen LogP contribution in [0.25, 0.3) is 0 Å². The van der Waals surface area contributed by atoms with Gasteiger partial charge in [0.2, 0.25) is 11.5 Å². The van der Waals surface area contributed by atoms with Crippen molar-refractivity contribution in [3.05, 3.63) is 64.6 Å². The Morgan fingerprint density at radius 1 is 1.06 bits per heavy atom. The van der Waals surface area contributed by atoms with Crippen molar-refractivity contribution in [1.82, 2.24) is 15.2 Å². The summed E-state index contributed by atoms with van der Waals surface area (Å²) in [4.78, 5) is 30.1. The number of guanidine groups is 1. The van der Waals surface area contributed by atoms with Crippen LogP contribution in [0.4, 0.5) is 5.69 Å². The van der Waals surface area contributed by atoms with E-state index in [1.807, 2.05) is 48.4 Å². The minimum absolute atomic E-state index is 0. The largest absolute Gasteiger partial charge is 0.357 e. The Balaban J connectivity index is 0.00000341. The molecule has 1 amide bonds. The number of hydrogen-bond donors (Lipinski definition) is 2. The maximum Gasteiger partial charge on any atom is 0.250 e. The Labute approximate surface area is 201 Å². The average molecular weight is 537 g/mol. The number of halogens is 1. The van der Waals surface area contributed by atoms with E-state index in [0.717, 1.165) is 62.7 Å². The number of anilines is 1. The fourth-order valence-corrected chi connectivity index (χ4v) is 3.47. The molecule has 1 aromatic heterocycles. The lowest BCUT2D eigenvalue weighted by molar-refractivity contribution is -0.117. The number of aromatic nitrogens is 1. The predicted octanol–water partition coefficient (Wildman–Crippen LogP) is 3.13. The molecule has 7 nitrogen and oxygen atoms in total. The summed E-state index contributed by atoms with van der Waals surface area (Å²) in [6.07, 6.45) is 5.28. The number of rotatable bonds is 9. The summed E-state index contributed by atoms with van der Waals surface area (Å²) < 4.78 is 1.73. The maximum atomic E-state index is 11.9. The van der Waals surface area contributed by atoms with Crippen molar-refractivity contribution in [3.8, 4) is 0 Å². The molecule has 31 heavy (non-hydrogen) atoms. The first kappa shape index (κ1) is 24.9. The average Bonchev–Trinajstić information content (AvgIpc) is 3.19. The number of unbranched alkanes of at least 4 members (excludes halogenated alkanes) is 1. The monoisotopic (exact) mass is 537 g/mol. The van der Waals surface area contributed by atoms with Crippen molar-refractivity contribution in [2.75, 3.05) is 24.5 Å². The number of pyridine rings is 1. The lowest BCUT2D eigenvalue weighted by Gasteiger charge is -2.16. The molecular weight excluding hydrogens is 505 g/mol. The number of aryl methyl sites for hydroxylation is 1. The molecule has 0 unspecified atom stereocenters. The number of amides is 1. The van der Waals surface area contributed by atoms with Crippen LogP contribution in [0.3, 0.4) is 0 Å². The van der Waals surface area contributed by atoms with Crippen molar-refractivity contribution in [2.45, 2.75) is 45.7 Å². The van der Waals surface area contributed by atoms with Crippen molar-refractivity contribution in [2.24, 2.45) is 4.99 Å². The second-order valence-electron chi connectivity index (χ2n) is 7.38. The predicted molar refractivity (Wildman–Crippen MR) is 136 cm³/mol. The highest BCUT2D eigenvalue weighted by Gasteiger charge is 2.21. The second kappa shape index (κ2) is 13.1. The second-order valence-corrected chi connectivity index (χ2v) is 7.38. The van der Waals surface area contributed by atoms with Crippen molar-refractivity contribution in [1.29, 1.82) is 0 Å². The van der Waals surface area contributed by atoms with Crippen LogP contribution in [0.2, 0.25) is 0 Å². The maximum absolute atomic E-state index is 11.9. The Morgan fingerprint density at radius 2 is 1.87 bits per heavy atom. The fraction of sp³-hybridized carbons (Fsp3) is 0.435. The van der Waals surface area contributed by atoms with Gasteiger partial charge in [0.05, 0.1) is 6.54 Å². The summed E-state index contributed by atoms with van der Waals surface area (Å²) in [6, 6.07) is 13.3. The zero-order chi connectivity index (χ0) is 21.2. The third kappa shape index (κ3) is 7.68. The molecule has 1 saturated heterocycles. The number of hydrogen-bond acceptors (Lipinski definition) is 3. The van der Waals surface area contributed by atoms with Crippen molar-refractivity contribution >= 4 is 41.5 Å². The molecule has 2 heterocycles. The summed E-state index contributed by atoms with van der Waals surface area (Å²) >= 11 is 0. The quantitative estimate of drug-likeness (QED) is 0.223. The van der Waals surface area contributed by atoms with Crippen LogP contribution in [-0.4, -0.2) is 36.1 Å². The van der Waals surface area contributed by atoms with Gasteiger partial charge in [0.25, 0.3) is 0 Å². The zero-order valence-corrected chi connectivity index (χ0v) is 20.4. The first-order valence-electron chi connectivity index (χ1n) is 10.7. The molecule has 0 aliphatic carbocycles. The summed E-state index contributed by atoms with van der Waals surface area (Å²) in [5.41, 5.74) is 2.11. The summed E-state index contributed by atoms with van der Waals surface area (Å²) in [7, 11) is 0. The van der Waals surface area contributed by atoms with Gasteiger partial charge in [-0.1, -0.05) is 18.2 Å². The first-order valence-corrected chi connectivity index (χ1v) is 10.7. The van der Waals surface area contributed by atoms with Crippen LogP contribution in [0, 0.1) is 0 Å². The van der Waals surface area contributed by atoms with Crippen molar-refractivity contribution < 1.29 is 4.79 Å². The van der Waals surface area contributed by atoms with Gasteiger partial charge in [0, 0.05) is 50.6 Å². The Hall–Kier alpha value is -2.36. The molecule has 1 aromatic carbocycles. The van der Waals surface area contributed by atoms with Gasteiger partial charge in [-0.3, -0.25) is 9.59 Å².